The molecule has 0 radical (unpaired) electrons. The zero-order chi connectivity index (χ0) is 39.1. The molecule has 0 unspecified atom stereocenters. The second-order valence-electron chi connectivity index (χ2n) is 13.2. The number of phosphoric acid groups is 1. The third kappa shape index (κ3) is 41.8. The quantitative estimate of drug-likeness (QED) is 0.0249. The largest absolute Gasteiger partial charge is 0.469 e. The van der Waals surface area contributed by atoms with Crippen molar-refractivity contribution >= 4 is 19.8 Å². The van der Waals surface area contributed by atoms with Gasteiger partial charge in [0.15, 0.2) is 6.10 Å². The molecular weight excluding hydrogens is 691 g/mol. The van der Waals surface area contributed by atoms with E-state index < -0.39 is 32.5 Å². The molecule has 9 nitrogen and oxygen atoms in total. The van der Waals surface area contributed by atoms with Crippen LogP contribution in [0.25, 0.3) is 0 Å². The average molecular weight is 763 g/mol. The number of allylic oxidation sites excluding steroid dienone is 14. The van der Waals surface area contributed by atoms with E-state index in [2.05, 4.69) is 78.3 Å². The van der Waals surface area contributed by atoms with E-state index in [1.165, 1.54) is 38.5 Å². The SMILES string of the molecule is CCCCCCCC/C=C\C/C=C\C/C=C\CCCC(=O)OC[C@H](COP(=O)(O)O)OC(=O)CCC/C=C\C/C=C\C/C=C\C/C=C\CCC[C@H](C)O. The van der Waals surface area contributed by atoms with E-state index in [0.29, 0.717) is 25.7 Å². The third-order valence-corrected chi connectivity index (χ3v) is 8.39. The van der Waals surface area contributed by atoms with Gasteiger partial charge in [-0.25, -0.2) is 4.57 Å². The first-order chi connectivity index (χ1) is 25.6. The van der Waals surface area contributed by atoms with Gasteiger partial charge in [-0.3, -0.25) is 14.1 Å². The first-order valence-electron chi connectivity index (χ1n) is 19.9. The highest BCUT2D eigenvalue weighted by molar-refractivity contribution is 7.46. The minimum absolute atomic E-state index is 0.109. The zero-order valence-corrected chi connectivity index (χ0v) is 33.6. The Bertz CT molecular complexity index is 1140. The molecule has 0 saturated carbocycles. The average Bonchev–Trinajstić information content (AvgIpc) is 3.11. The molecule has 0 bridgehead atoms. The molecule has 0 rings (SSSR count). The molecule has 10 heteroatoms. The Hall–Kier alpha value is -2.81. The predicted octanol–water partition coefficient (Wildman–Crippen LogP) is 11.0. The molecule has 2 atom stereocenters. The Morgan fingerprint density at radius 3 is 1.45 bits per heavy atom. The second-order valence-corrected chi connectivity index (χ2v) is 14.4. The fourth-order valence-corrected chi connectivity index (χ4v) is 5.29. The van der Waals surface area contributed by atoms with Gasteiger partial charge < -0.3 is 24.4 Å². The number of hydrogen-bond donors (Lipinski definition) is 3. The van der Waals surface area contributed by atoms with Crippen LogP contribution < -0.4 is 0 Å². The summed E-state index contributed by atoms with van der Waals surface area (Å²) in [5.74, 6) is -1.04. The van der Waals surface area contributed by atoms with Gasteiger partial charge in [-0.1, -0.05) is 124 Å². The number of carbonyl (C=O) groups excluding carboxylic acids is 2. The van der Waals surface area contributed by atoms with E-state index in [4.69, 9.17) is 19.3 Å². The normalized spacial score (nSPS) is 14.0. The van der Waals surface area contributed by atoms with Crippen LogP contribution in [-0.2, 0) is 28.2 Å². The van der Waals surface area contributed by atoms with Crippen LogP contribution in [0.3, 0.4) is 0 Å². The van der Waals surface area contributed by atoms with Crippen LogP contribution in [0.1, 0.15) is 149 Å². The molecule has 0 fully saturated rings. The number of rotatable bonds is 35. The topological polar surface area (TPSA) is 140 Å². The highest BCUT2D eigenvalue weighted by atomic mass is 31.2. The van der Waals surface area contributed by atoms with Gasteiger partial charge in [-0.15, -0.1) is 0 Å². The Morgan fingerprint density at radius 1 is 0.566 bits per heavy atom. The fourth-order valence-electron chi connectivity index (χ4n) is 4.93. The minimum atomic E-state index is -4.79. The van der Waals surface area contributed by atoms with E-state index in [0.717, 1.165) is 57.8 Å². The Kier molecular flexibility index (Phi) is 35.5. The van der Waals surface area contributed by atoms with Crippen molar-refractivity contribution < 1.29 is 43.0 Å². The second kappa shape index (κ2) is 37.5. The van der Waals surface area contributed by atoms with E-state index in [-0.39, 0.29) is 25.6 Å². The molecule has 0 saturated heterocycles. The molecule has 0 aliphatic heterocycles. The Labute approximate surface area is 321 Å². The number of aliphatic hydroxyl groups excluding tert-OH is 1. The lowest BCUT2D eigenvalue weighted by Gasteiger charge is -2.18. The molecule has 0 aliphatic rings. The smallest absolute Gasteiger partial charge is 0.462 e. The van der Waals surface area contributed by atoms with Gasteiger partial charge >= 0.3 is 19.8 Å². The summed E-state index contributed by atoms with van der Waals surface area (Å²) in [7, 11) is -4.79. The summed E-state index contributed by atoms with van der Waals surface area (Å²) >= 11 is 0. The van der Waals surface area contributed by atoms with Crippen molar-refractivity contribution in [2.75, 3.05) is 13.2 Å². The summed E-state index contributed by atoms with van der Waals surface area (Å²) in [6.07, 6.45) is 47.3. The van der Waals surface area contributed by atoms with Crippen LogP contribution in [0.4, 0.5) is 0 Å². The van der Waals surface area contributed by atoms with E-state index in [9.17, 15) is 19.3 Å². The van der Waals surface area contributed by atoms with Crippen molar-refractivity contribution in [2.24, 2.45) is 0 Å². The molecule has 53 heavy (non-hydrogen) atoms. The standard InChI is InChI=1S/C43H71O9P/c1-3-4-5-6-7-8-9-10-11-12-15-18-21-24-27-30-33-36-42(45)50-38-41(39-51-53(47,48)49)52-43(46)37-34-31-28-25-22-19-16-13-14-17-20-23-26-29-32-35-40(2)44/h10-11,14-19,23-28,40-41,44H,3-9,12-13,20-22,29-39H2,1-2H3,(H2,47,48,49)/b11-10-,17-14-,18-15-,19-16-,26-23-,27-24-,28-25-/t40-,41+/m0/s1. The summed E-state index contributed by atoms with van der Waals surface area (Å²) in [4.78, 5) is 42.7. The molecule has 0 spiro atoms. The molecule has 0 aromatic rings. The number of unbranched alkanes of at least 4 members (excludes halogenated alkanes) is 9. The first kappa shape index (κ1) is 50.2. The Balaban J connectivity index is 4.15. The predicted molar refractivity (Wildman–Crippen MR) is 217 cm³/mol. The van der Waals surface area contributed by atoms with Gasteiger partial charge in [-0.2, -0.15) is 0 Å². The summed E-state index contributed by atoms with van der Waals surface area (Å²) < 4.78 is 26.2. The number of esters is 2. The van der Waals surface area contributed by atoms with Crippen LogP contribution in [0.15, 0.2) is 85.1 Å². The van der Waals surface area contributed by atoms with E-state index in [1.54, 1.807) is 0 Å². The van der Waals surface area contributed by atoms with Crippen molar-refractivity contribution in [3.05, 3.63) is 85.1 Å². The highest BCUT2D eigenvalue weighted by Gasteiger charge is 2.22. The molecule has 0 amide bonds. The van der Waals surface area contributed by atoms with E-state index >= 15 is 0 Å². The fraction of sp³-hybridized carbons (Fsp3) is 0.628. The summed E-state index contributed by atoms with van der Waals surface area (Å²) in [6, 6.07) is 0. The third-order valence-electron chi connectivity index (χ3n) is 7.90. The number of ether oxygens (including phenoxy) is 2. The lowest BCUT2D eigenvalue weighted by molar-refractivity contribution is -0.161. The minimum Gasteiger partial charge on any atom is -0.462 e. The molecule has 3 N–H and O–H groups in total. The summed E-state index contributed by atoms with van der Waals surface area (Å²) in [6.45, 7) is 3.12. The van der Waals surface area contributed by atoms with Crippen LogP contribution in [0, 0.1) is 0 Å². The van der Waals surface area contributed by atoms with Crippen molar-refractivity contribution in [3.63, 3.8) is 0 Å². The van der Waals surface area contributed by atoms with Crippen molar-refractivity contribution in [1.82, 2.24) is 0 Å². The number of aliphatic hydroxyl groups is 1. The van der Waals surface area contributed by atoms with Crippen LogP contribution >= 0.6 is 7.82 Å². The van der Waals surface area contributed by atoms with Crippen molar-refractivity contribution in [3.8, 4) is 0 Å². The molecule has 0 aromatic carbocycles. The first-order valence-corrected chi connectivity index (χ1v) is 21.4. The Morgan fingerprint density at radius 2 is 0.981 bits per heavy atom. The molecule has 0 aliphatic carbocycles. The van der Waals surface area contributed by atoms with Crippen molar-refractivity contribution in [2.45, 2.75) is 161 Å². The zero-order valence-electron chi connectivity index (χ0n) is 32.7. The lowest BCUT2D eigenvalue weighted by atomic mass is 10.1. The molecular formula is C43H71O9P. The molecule has 0 aromatic heterocycles. The maximum atomic E-state index is 12.4. The molecule has 0 heterocycles. The summed E-state index contributed by atoms with van der Waals surface area (Å²) in [5.41, 5.74) is 0. The highest BCUT2D eigenvalue weighted by Crippen LogP contribution is 2.35. The maximum Gasteiger partial charge on any atom is 0.469 e. The van der Waals surface area contributed by atoms with Crippen LogP contribution in [0.2, 0.25) is 0 Å². The van der Waals surface area contributed by atoms with Gasteiger partial charge in [0, 0.05) is 12.8 Å². The van der Waals surface area contributed by atoms with Crippen LogP contribution in [0.5, 0.6) is 0 Å². The van der Waals surface area contributed by atoms with Gasteiger partial charge in [0.25, 0.3) is 0 Å². The van der Waals surface area contributed by atoms with Crippen LogP contribution in [-0.4, -0.2) is 52.3 Å². The summed E-state index contributed by atoms with van der Waals surface area (Å²) in [5, 5.41) is 9.25. The van der Waals surface area contributed by atoms with Gasteiger partial charge in [0.05, 0.1) is 12.7 Å². The van der Waals surface area contributed by atoms with E-state index in [1.807, 2.05) is 25.2 Å². The maximum absolute atomic E-state index is 12.4. The van der Waals surface area contributed by atoms with Gasteiger partial charge in [-0.05, 0) is 96.8 Å². The van der Waals surface area contributed by atoms with Gasteiger partial charge in [0.1, 0.15) is 6.61 Å². The number of phosphoric ester groups is 1. The van der Waals surface area contributed by atoms with Gasteiger partial charge in [0.2, 0.25) is 0 Å². The monoisotopic (exact) mass is 762 g/mol. The molecule has 302 valence electrons. The lowest BCUT2D eigenvalue weighted by Crippen LogP contribution is -2.29. The number of carbonyl (C=O) groups is 2. The number of hydrogen-bond acceptors (Lipinski definition) is 7. The van der Waals surface area contributed by atoms with Crippen molar-refractivity contribution in [1.29, 1.82) is 0 Å².